The van der Waals surface area contributed by atoms with Crippen LogP contribution in [-0.4, -0.2) is 4.57 Å². The van der Waals surface area contributed by atoms with Crippen molar-refractivity contribution < 1.29 is 0 Å². The van der Waals surface area contributed by atoms with E-state index in [1.54, 1.807) is 0 Å². The lowest BCUT2D eigenvalue weighted by Crippen LogP contribution is -2.17. The summed E-state index contributed by atoms with van der Waals surface area (Å²) in [7, 11) is 0. The first kappa shape index (κ1) is 9.91. The summed E-state index contributed by atoms with van der Waals surface area (Å²) >= 11 is 0. The van der Waals surface area contributed by atoms with E-state index in [0.717, 1.165) is 5.92 Å². The molecule has 2 nitrogen and oxygen atoms in total. The number of rotatable bonds is 3. The van der Waals surface area contributed by atoms with Gasteiger partial charge in [-0.3, -0.25) is 0 Å². The maximum absolute atomic E-state index is 5.79. The van der Waals surface area contributed by atoms with Crippen molar-refractivity contribution in [2.45, 2.75) is 32.4 Å². The summed E-state index contributed by atoms with van der Waals surface area (Å²) in [6, 6.07) is 8.58. The second-order valence-corrected chi connectivity index (χ2v) is 4.82. The summed E-state index contributed by atoms with van der Waals surface area (Å²) < 4.78 is 2.39. The van der Waals surface area contributed by atoms with Crippen molar-refractivity contribution in [1.29, 1.82) is 0 Å². The van der Waals surface area contributed by atoms with Crippen LogP contribution in [0.15, 0.2) is 30.5 Å². The molecule has 0 spiro atoms. The minimum absolute atomic E-state index is 0.637. The van der Waals surface area contributed by atoms with Gasteiger partial charge in [-0.05, 0) is 30.4 Å². The van der Waals surface area contributed by atoms with Crippen LogP contribution in [0, 0.1) is 5.92 Å². The van der Waals surface area contributed by atoms with Gasteiger partial charge in [0.25, 0.3) is 0 Å². The van der Waals surface area contributed by atoms with E-state index in [4.69, 9.17) is 5.73 Å². The predicted molar refractivity (Wildman–Crippen MR) is 67.2 cm³/mol. The summed E-state index contributed by atoms with van der Waals surface area (Å²) in [6.07, 6.45) is 6.44. The van der Waals surface area contributed by atoms with Gasteiger partial charge in [-0.25, -0.2) is 0 Å². The Labute approximate surface area is 96.1 Å². The van der Waals surface area contributed by atoms with Gasteiger partial charge in [0, 0.05) is 30.2 Å². The molecule has 2 N–H and O–H groups in total. The first-order valence-electron chi connectivity index (χ1n) is 6.15. The summed E-state index contributed by atoms with van der Waals surface area (Å²) in [4.78, 5) is 0. The number of fused-ring (bicyclic) bond motifs is 1. The molecule has 2 heteroatoms. The molecule has 1 aromatic carbocycles. The lowest BCUT2D eigenvalue weighted by Gasteiger charge is -2.26. The fourth-order valence-corrected chi connectivity index (χ4v) is 2.59. The second-order valence-electron chi connectivity index (χ2n) is 4.82. The molecule has 1 aromatic heterocycles. The van der Waals surface area contributed by atoms with E-state index in [-0.39, 0.29) is 0 Å². The zero-order chi connectivity index (χ0) is 11.0. The molecule has 1 aliphatic rings. The molecule has 0 aliphatic heterocycles. The molecule has 1 fully saturated rings. The van der Waals surface area contributed by atoms with Gasteiger partial charge in [0.1, 0.15) is 0 Å². The van der Waals surface area contributed by atoms with E-state index < -0.39 is 0 Å². The summed E-state index contributed by atoms with van der Waals surface area (Å²) in [6.45, 7) is 1.80. The van der Waals surface area contributed by atoms with Crippen LogP contribution < -0.4 is 5.73 Å². The SMILES string of the molecule is NCc1cn(CC2CCC2)c2ccccc12. The van der Waals surface area contributed by atoms with Gasteiger partial charge in [0.05, 0.1) is 0 Å². The Morgan fingerprint density at radius 3 is 2.75 bits per heavy atom. The summed E-state index contributed by atoms with van der Waals surface area (Å²) in [5.74, 6) is 0.890. The molecule has 3 rings (SSSR count). The zero-order valence-electron chi connectivity index (χ0n) is 9.52. The normalized spacial score (nSPS) is 16.6. The summed E-state index contributed by atoms with van der Waals surface area (Å²) in [5.41, 5.74) is 8.41. The van der Waals surface area contributed by atoms with Crippen molar-refractivity contribution in [1.82, 2.24) is 4.57 Å². The highest BCUT2D eigenvalue weighted by molar-refractivity contribution is 5.83. The quantitative estimate of drug-likeness (QED) is 0.836. The number of hydrogen-bond donors (Lipinski definition) is 1. The van der Waals surface area contributed by atoms with Gasteiger partial charge in [0.2, 0.25) is 0 Å². The van der Waals surface area contributed by atoms with Crippen LogP contribution in [0.3, 0.4) is 0 Å². The highest BCUT2D eigenvalue weighted by Gasteiger charge is 2.18. The third kappa shape index (κ3) is 1.54. The third-order valence-corrected chi connectivity index (χ3v) is 3.77. The van der Waals surface area contributed by atoms with Gasteiger partial charge in [-0.2, -0.15) is 0 Å². The summed E-state index contributed by atoms with van der Waals surface area (Å²) in [5, 5.41) is 1.32. The smallest absolute Gasteiger partial charge is 0.0483 e. The van der Waals surface area contributed by atoms with Crippen LogP contribution in [0.25, 0.3) is 10.9 Å². The molecular weight excluding hydrogens is 196 g/mol. The molecule has 84 valence electrons. The van der Waals surface area contributed by atoms with Crippen molar-refractivity contribution in [3.8, 4) is 0 Å². The first-order valence-corrected chi connectivity index (χ1v) is 6.15. The standard InChI is InChI=1S/C14H18N2/c15-8-12-10-16(9-11-4-3-5-11)14-7-2-1-6-13(12)14/h1-2,6-7,10-11H,3-5,8-9,15H2. The van der Waals surface area contributed by atoms with Crippen molar-refractivity contribution in [3.63, 3.8) is 0 Å². The molecular formula is C14H18N2. The van der Waals surface area contributed by atoms with E-state index in [0.29, 0.717) is 6.54 Å². The Morgan fingerprint density at radius 1 is 1.25 bits per heavy atom. The third-order valence-electron chi connectivity index (χ3n) is 3.77. The van der Waals surface area contributed by atoms with Gasteiger partial charge in [-0.15, -0.1) is 0 Å². The van der Waals surface area contributed by atoms with Crippen molar-refractivity contribution in [3.05, 3.63) is 36.0 Å². The maximum Gasteiger partial charge on any atom is 0.0483 e. The Kier molecular flexibility index (Phi) is 2.44. The topological polar surface area (TPSA) is 30.9 Å². The molecule has 0 radical (unpaired) electrons. The van der Waals surface area contributed by atoms with Crippen molar-refractivity contribution in [2.75, 3.05) is 0 Å². The van der Waals surface area contributed by atoms with Crippen LogP contribution in [-0.2, 0) is 13.1 Å². The van der Waals surface area contributed by atoms with E-state index in [1.165, 1.54) is 42.3 Å². The largest absolute Gasteiger partial charge is 0.347 e. The monoisotopic (exact) mass is 214 g/mol. The van der Waals surface area contributed by atoms with Crippen LogP contribution >= 0.6 is 0 Å². The van der Waals surface area contributed by atoms with Crippen LogP contribution in [0.4, 0.5) is 0 Å². The average molecular weight is 214 g/mol. The lowest BCUT2D eigenvalue weighted by atomic mass is 9.85. The first-order chi connectivity index (χ1) is 7.88. The van der Waals surface area contributed by atoms with E-state index in [9.17, 15) is 0 Å². The van der Waals surface area contributed by atoms with Crippen molar-refractivity contribution >= 4 is 10.9 Å². The maximum atomic E-state index is 5.79. The van der Waals surface area contributed by atoms with E-state index in [1.807, 2.05) is 0 Å². The minimum atomic E-state index is 0.637. The van der Waals surface area contributed by atoms with Crippen LogP contribution in [0.1, 0.15) is 24.8 Å². The molecule has 16 heavy (non-hydrogen) atoms. The average Bonchev–Trinajstić information content (AvgIpc) is 2.62. The van der Waals surface area contributed by atoms with E-state index in [2.05, 4.69) is 35.0 Å². The van der Waals surface area contributed by atoms with Gasteiger partial charge >= 0.3 is 0 Å². The lowest BCUT2D eigenvalue weighted by molar-refractivity contribution is 0.279. The highest BCUT2D eigenvalue weighted by atomic mass is 15.0. The minimum Gasteiger partial charge on any atom is -0.347 e. The molecule has 1 heterocycles. The van der Waals surface area contributed by atoms with Crippen LogP contribution in [0.2, 0.25) is 0 Å². The second kappa shape index (κ2) is 3.95. The Bertz CT molecular complexity index is 494. The fourth-order valence-electron chi connectivity index (χ4n) is 2.59. The molecule has 0 amide bonds. The number of hydrogen-bond acceptors (Lipinski definition) is 1. The zero-order valence-corrected chi connectivity index (χ0v) is 9.52. The van der Waals surface area contributed by atoms with Crippen LogP contribution in [0.5, 0.6) is 0 Å². The molecule has 2 aromatic rings. The van der Waals surface area contributed by atoms with Gasteiger partial charge in [-0.1, -0.05) is 24.6 Å². The number of para-hydroxylation sites is 1. The fraction of sp³-hybridized carbons (Fsp3) is 0.429. The molecule has 1 aliphatic carbocycles. The number of nitrogens with zero attached hydrogens (tertiary/aromatic N) is 1. The molecule has 0 bridgehead atoms. The Morgan fingerprint density at radius 2 is 2.06 bits per heavy atom. The highest BCUT2D eigenvalue weighted by Crippen LogP contribution is 2.30. The van der Waals surface area contributed by atoms with Crippen molar-refractivity contribution in [2.24, 2.45) is 11.7 Å². The van der Waals surface area contributed by atoms with Gasteiger partial charge in [0.15, 0.2) is 0 Å². The van der Waals surface area contributed by atoms with Gasteiger partial charge < -0.3 is 10.3 Å². The number of aromatic nitrogens is 1. The molecule has 0 unspecified atom stereocenters. The number of nitrogens with two attached hydrogens (primary N) is 1. The molecule has 0 atom stereocenters. The number of benzene rings is 1. The predicted octanol–water partition coefficient (Wildman–Crippen LogP) is 2.90. The van der Waals surface area contributed by atoms with E-state index >= 15 is 0 Å². The Hall–Kier alpha value is -1.28. The molecule has 0 saturated heterocycles. The Balaban J connectivity index is 2.02. The molecule has 1 saturated carbocycles.